The summed E-state index contributed by atoms with van der Waals surface area (Å²) in [7, 11) is -2.93. The highest BCUT2D eigenvalue weighted by atomic mass is 35.5. The summed E-state index contributed by atoms with van der Waals surface area (Å²) >= 11 is 5.78. The molecular weight excluding hydrogens is 262 g/mol. The first-order valence-corrected chi connectivity index (χ1v) is 7.61. The van der Waals surface area contributed by atoms with E-state index in [4.69, 9.17) is 17.4 Å². The highest BCUT2D eigenvalue weighted by Crippen LogP contribution is 2.19. The molecule has 3 N–H and O–H groups in total. The lowest BCUT2D eigenvalue weighted by Crippen LogP contribution is -2.28. The Hall–Kier alpha value is -0.690. The van der Waals surface area contributed by atoms with Crippen molar-refractivity contribution in [2.75, 3.05) is 12.0 Å². The summed E-state index contributed by atoms with van der Waals surface area (Å²) in [6.45, 7) is 0. The Morgan fingerprint density at radius 3 is 2.82 bits per heavy atom. The molecule has 1 unspecified atom stereocenters. The first-order valence-electron chi connectivity index (χ1n) is 5.17. The van der Waals surface area contributed by atoms with Gasteiger partial charge in [0.05, 0.1) is 0 Å². The number of hydrogen-bond donors (Lipinski definition) is 2. The molecule has 1 aromatic rings. The standard InChI is InChI=1S/C10H16ClN3O2S/c1-17(15,16)6-2-3-9(14-12)8-4-5-13-10(11)7-8/h4-5,7,9,14H,2-3,6,12H2,1H3. The average Bonchev–Trinajstić information content (AvgIpc) is 2.23. The van der Waals surface area contributed by atoms with Crippen molar-refractivity contribution in [1.82, 2.24) is 10.4 Å². The molecule has 0 aliphatic rings. The molecule has 1 atom stereocenters. The van der Waals surface area contributed by atoms with Crippen LogP contribution in [0.25, 0.3) is 0 Å². The van der Waals surface area contributed by atoms with Gasteiger partial charge in [-0.05, 0) is 30.5 Å². The van der Waals surface area contributed by atoms with E-state index in [9.17, 15) is 8.42 Å². The molecule has 0 saturated heterocycles. The Morgan fingerprint density at radius 1 is 1.59 bits per heavy atom. The fourth-order valence-electron chi connectivity index (χ4n) is 1.53. The molecule has 96 valence electrons. The Balaban J connectivity index is 2.60. The molecule has 0 saturated carbocycles. The van der Waals surface area contributed by atoms with Crippen molar-refractivity contribution in [1.29, 1.82) is 0 Å². The van der Waals surface area contributed by atoms with Crippen molar-refractivity contribution in [2.45, 2.75) is 18.9 Å². The van der Waals surface area contributed by atoms with Gasteiger partial charge in [0.2, 0.25) is 0 Å². The molecule has 1 aromatic heterocycles. The number of rotatable bonds is 6. The molecule has 0 aromatic carbocycles. The normalized spacial score (nSPS) is 13.6. The van der Waals surface area contributed by atoms with Gasteiger partial charge in [-0.2, -0.15) is 0 Å². The summed E-state index contributed by atoms with van der Waals surface area (Å²) in [4.78, 5) is 3.88. The SMILES string of the molecule is CS(=O)(=O)CCCC(NN)c1ccnc(Cl)c1. The van der Waals surface area contributed by atoms with Crippen LogP contribution in [0.4, 0.5) is 0 Å². The topological polar surface area (TPSA) is 85.1 Å². The van der Waals surface area contributed by atoms with Gasteiger partial charge in [0, 0.05) is 24.2 Å². The minimum atomic E-state index is -2.93. The van der Waals surface area contributed by atoms with E-state index in [1.165, 1.54) is 6.26 Å². The molecule has 0 aliphatic heterocycles. The minimum absolute atomic E-state index is 0.114. The molecule has 0 radical (unpaired) electrons. The number of nitrogens with one attached hydrogen (secondary N) is 1. The zero-order chi connectivity index (χ0) is 12.9. The van der Waals surface area contributed by atoms with Gasteiger partial charge in [-0.3, -0.25) is 11.3 Å². The Kier molecular flexibility index (Phi) is 5.32. The zero-order valence-corrected chi connectivity index (χ0v) is 11.1. The third-order valence-electron chi connectivity index (χ3n) is 2.36. The van der Waals surface area contributed by atoms with E-state index < -0.39 is 9.84 Å². The van der Waals surface area contributed by atoms with E-state index in [0.29, 0.717) is 18.0 Å². The van der Waals surface area contributed by atoms with Gasteiger partial charge in [0.15, 0.2) is 0 Å². The number of hydrogen-bond acceptors (Lipinski definition) is 5. The Bertz CT molecular complexity index is 464. The number of halogens is 1. The fourth-order valence-corrected chi connectivity index (χ4v) is 2.40. The van der Waals surface area contributed by atoms with E-state index in [0.717, 1.165) is 5.56 Å². The first-order chi connectivity index (χ1) is 7.92. The number of sulfone groups is 1. The largest absolute Gasteiger partial charge is 0.271 e. The van der Waals surface area contributed by atoms with E-state index in [1.54, 1.807) is 18.3 Å². The van der Waals surface area contributed by atoms with Gasteiger partial charge in [-0.25, -0.2) is 13.4 Å². The predicted molar refractivity (Wildman–Crippen MR) is 68.3 cm³/mol. The second-order valence-electron chi connectivity index (χ2n) is 3.90. The maximum atomic E-state index is 11.0. The van der Waals surface area contributed by atoms with Crippen LogP contribution in [-0.4, -0.2) is 25.4 Å². The van der Waals surface area contributed by atoms with Gasteiger partial charge >= 0.3 is 0 Å². The number of aromatic nitrogens is 1. The van der Waals surface area contributed by atoms with Gasteiger partial charge in [-0.1, -0.05) is 11.6 Å². The van der Waals surface area contributed by atoms with Crippen LogP contribution in [0.3, 0.4) is 0 Å². The van der Waals surface area contributed by atoms with Crippen LogP contribution in [0.5, 0.6) is 0 Å². The summed E-state index contributed by atoms with van der Waals surface area (Å²) in [6.07, 6.45) is 4.00. The van der Waals surface area contributed by atoms with Crippen molar-refractivity contribution in [3.63, 3.8) is 0 Å². The second kappa shape index (κ2) is 6.30. The summed E-state index contributed by atoms with van der Waals surface area (Å²) in [5.41, 5.74) is 3.55. The molecule has 1 heterocycles. The highest BCUT2D eigenvalue weighted by molar-refractivity contribution is 7.90. The summed E-state index contributed by atoms with van der Waals surface area (Å²) in [5.74, 6) is 5.60. The van der Waals surface area contributed by atoms with Crippen molar-refractivity contribution in [3.8, 4) is 0 Å². The van der Waals surface area contributed by atoms with Crippen molar-refractivity contribution in [3.05, 3.63) is 29.0 Å². The highest BCUT2D eigenvalue weighted by Gasteiger charge is 2.11. The minimum Gasteiger partial charge on any atom is -0.271 e. The zero-order valence-electron chi connectivity index (χ0n) is 9.56. The molecule has 1 rings (SSSR count). The predicted octanol–water partition coefficient (Wildman–Crippen LogP) is 1.06. The maximum Gasteiger partial charge on any atom is 0.147 e. The van der Waals surface area contributed by atoms with Crippen molar-refractivity contribution in [2.24, 2.45) is 5.84 Å². The molecule has 0 bridgehead atoms. The second-order valence-corrected chi connectivity index (χ2v) is 6.55. The maximum absolute atomic E-state index is 11.0. The lowest BCUT2D eigenvalue weighted by molar-refractivity contribution is 0.507. The number of pyridine rings is 1. The van der Waals surface area contributed by atoms with E-state index >= 15 is 0 Å². The lowest BCUT2D eigenvalue weighted by atomic mass is 10.0. The van der Waals surface area contributed by atoms with Gasteiger partial charge in [0.1, 0.15) is 15.0 Å². The average molecular weight is 278 g/mol. The van der Waals surface area contributed by atoms with Crippen LogP contribution in [-0.2, 0) is 9.84 Å². The lowest BCUT2D eigenvalue weighted by Gasteiger charge is -2.15. The molecule has 17 heavy (non-hydrogen) atoms. The van der Waals surface area contributed by atoms with Crippen LogP contribution in [0, 0.1) is 0 Å². The number of nitrogens with zero attached hydrogens (tertiary/aromatic N) is 1. The summed E-state index contributed by atoms with van der Waals surface area (Å²) in [5, 5.41) is 0.394. The fraction of sp³-hybridized carbons (Fsp3) is 0.500. The van der Waals surface area contributed by atoms with Crippen LogP contribution in [0.15, 0.2) is 18.3 Å². The van der Waals surface area contributed by atoms with Crippen molar-refractivity contribution >= 4 is 21.4 Å². The van der Waals surface area contributed by atoms with Crippen LogP contribution >= 0.6 is 11.6 Å². The quantitative estimate of drug-likeness (QED) is 0.461. The van der Waals surface area contributed by atoms with Gasteiger partial charge in [-0.15, -0.1) is 0 Å². The van der Waals surface area contributed by atoms with Gasteiger partial charge < -0.3 is 0 Å². The smallest absolute Gasteiger partial charge is 0.147 e. The number of nitrogens with two attached hydrogens (primary N) is 1. The monoisotopic (exact) mass is 277 g/mol. The summed E-state index contributed by atoms with van der Waals surface area (Å²) in [6, 6.07) is 3.40. The molecule has 5 nitrogen and oxygen atoms in total. The molecule has 0 fully saturated rings. The molecule has 0 amide bonds. The van der Waals surface area contributed by atoms with E-state index in [2.05, 4.69) is 10.4 Å². The van der Waals surface area contributed by atoms with Crippen LogP contribution in [0.1, 0.15) is 24.4 Å². The molecule has 0 spiro atoms. The van der Waals surface area contributed by atoms with Crippen LogP contribution in [0.2, 0.25) is 5.15 Å². The first kappa shape index (κ1) is 14.4. The third kappa shape index (κ3) is 5.45. The van der Waals surface area contributed by atoms with Crippen molar-refractivity contribution < 1.29 is 8.42 Å². The summed E-state index contributed by atoms with van der Waals surface area (Å²) < 4.78 is 22.0. The molecule has 0 aliphatic carbocycles. The Morgan fingerprint density at radius 2 is 2.29 bits per heavy atom. The van der Waals surface area contributed by atoms with E-state index in [1.807, 2.05) is 0 Å². The molecule has 7 heteroatoms. The Labute approximate surface area is 106 Å². The van der Waals surface area contributed by atoms with E-state index in [-0.39, 0.29) is 11.8 Å². The van der Waals surface area contributed by atoms with Crippen LogP contribution < -0.4 is 11.3 Å². The number of hydrazine groups is 1. The van der Waals surface area contributed by atoms with Gasteiger partial charge in [0.25, 0.3) is 0 Å². The third-order valence-corrected chi connectivity index (χ3v) is 3.60. The molecular formula is C10H16ClN3O2S.